The summed E-state index contributed by atoms with van der Waals surface area (Å²) in [5.41, 5.74) is 1.99. The van der Waals surface area contributed by atoms with E-state index in [9.17, 15) is 4.79 Å². The molecule has 0 spiro atoms. The SMILES string of the molecule is Cl.O=C1OC(c2ccccc2)CC1Nc1ccccc1. The van der Waals surface area contributed by atoms with Gasteiger partial charge in [-0.05, 0) is 17.7 Å². The molecule has 20 heavy (non-hydrogen) atoms. The summed E-state index contributed by atoms with van der Waals surface area (Å²) in [6, 6.07) is 19.3. The highest BCUT2D eigenvalue weighted by Gasteiger charge is 2.35. The molecule has 1 aliphatic heterocycles. The number of ether oxygens (including phenoxy) is 1. The second-order valence-electron chi connectivity index (χ2n) is 4.63. The highest BCUT2D eigenvalue weighted by Crippen LogP contribution is 2.31. The molecule has 1 aliphatic rings. The van der Waals surface area contributed by atoms with Gasteiger partial charge in [0.25, 0.3) is 0 Å². The molecule has 1 fully saturated rings. The molecule has 0 amide bonds. The highest BCUT2D eigenvalue weighted by molar-refractivity contribution is 5.85. The number of carbonyl (C=O) groups is 1. The summed E-state index contributed by atoms with van der Waals surface area (Å²) < 4.78 is 5.43. The maximum absolute atomic E-state index is 11.9. The van der Waals surface area contributed by atoms with Crippen molar-refractivity contribution in [1.29, 1.82) is 0 Å². The fraction of sp³-hybridized carbons (Fsp3) is 0.188. The van der Waals surface area contributed by atoms with E-state index in [4.69, 9.17) is 4.74 Å². The average Bonchev–Trinajstić information content (AvgIpc) is 2.82. The van der Waals surface area contributed by atoms with Gasteiger partial charge in [-0.25, -0.2) is 4.79 Å². The van der Waals surface area contributed by atoms with Crippen LogP contribution in [0, 0.1) is 0 Å². The van der Waals surface area contributed by atoms with Crippen LogP contribution in [-0.4, -0.2) is 12.0 Å². The second kappa shape index (κ2) is 6.44. The van der Waals surface area contributed by atoms with Crippen LogP contribution in [0.1, 0.15) is 18.1 Å². The van der Waals surface area contributed by atoms with Crippen LogP contribution >= 0.6 is 12.4 Å². The van der Waals surface area contributed by atoms with Crippen molar-refractivity contribution in [2.24, 2.45) is 0 Å². The van der Waals surface area contributed by atoms with Gasteiger partial charge in [-0.1, -0.05) is 48.5 Å². The molecule has 104 valence electrons. The van der Waals surface area contributed by atoms with Crippen LogP contribution in [0.2, 0.25) is 0 Å². The largest absolute Gasteiger partial charge is 0.456 e. The van der Waals surface area contributed by atoms with Crippen LogP contribution < -0.4 is 5.32 Å². The molecule has 2 unspecified atom stereocenters. The zero-order valence-electron chi connectivity index (χ0n) is 10.9. The standard InChI is InChI=1S/C16H15NO2.ClH/c18-16-14(17-13-9-5-2-6-10-13)11-15(19-16)12-7-3-1-4-8-12;/h1-10,14-15,17H,11H2;1H. The number of para-hydroxylation sites is 1. The normalized spacial score (nSPS) is 20.9. The summed E-state index contributed by atoms with van der Waals surface area (Å²) in [6.07, 6.45) is 0.521. The van der Waals surface area contributed by atoms with Crippen LogP contribution in [0.5, 0.6) is 0 Å². The van der Waals surface area contributed by atoms with Crippen molar-refractivity contribution in [3.8, 4) is 0 Å². The fourth-order valence-corrected chi connectivity index (χ4v) is 2.31. The average molecular weight is 290 g/mol. The third kappa shape index (κ3) is 3.11. The van der Waals surface area contributed by atoms with E-state index in [-0.39, 0.29) is 30.5 Å². The molecule has 1 saturated heterocycles. The molecular formula is C16H16ClNO2. The first-order valence-corrected chi connectivity index (χ1v) is 6.40. The second-order valence-corrected chi connectivity index (χ2v) is 4.63. The van der Waals surface area contributed by atoms with E-state index in [2.05, 4.69) is 5.32 Å². The summed E-state index contributed by atoms with van der Waals surface area (Å²) in [6.45, 7) is 0. The lowest BCUT2D eigenvalue weighted by Gasteiger charge is -2.10. The Morgan fingerprint density at radius 3 is 2.20 bits per heavy atom. The Labute approximate surface area is 124 Å². The Balaban J connectivity index is 0.00000147. The van der Waals surface area contributed by atoms with E-state index in [1.807, 2.05) is 60.7 Å². The quantitative estimate of drug-likeness (QED) is 0.878. The Kier molecular flexibility index (Phi) is 4.64. The summed E-state index contributed by atoms with van der Waals surface area (Å²) in [5.74, 6) is -0.183. The first-order chi connectivity index (χ1) is 9.33. The molecule has 3 nitrogen and oxygen atoms in total. The number of esters is 1. The van der Waals surface area contributed by atoms with Crippen LogP contribution in [-0.2, 0) is 9.53 Å². The van der Waals surface area contributed by atoms with Crippen molar-refractivity contribution in [3.63, 3.8) is 0 Å². The van der Waals surface area contributed by atoms with E-state index >= 15 is 0 Å². The number of benzene rings is 2. The van der Waals surface area contributed by atoms with Gasteiger partial charge in [-0.2, -0.15) is 0 Å². The monoisotopic (exact) mass is 289 g/mol. The van der Waals surface area contributed by atoms with Crippen LogP contribution in [0.25, 0.3) is 0 Å². The molecule has 2 atom stereocenters. The van der Waals surface area contributed by atoms with E-state index in [1.165, 1.54) is 0 Å². The van der Waals surface area contributed by atoms with E-state index in [0.29, 0.717) is 6.42 Å². The predicted molar refractivity (Wildman–Crippen MR) is 81.0 cm³/mol. The molecule has 2 aromatic rings. The van der Waals surface area contributed by atoms with Gasteiger partial charge >= 0.3 is 5.97 Å². The van der Waals surface area contributed by atoms with E-state index < -0.39 is 0 Å². The van der Waals surface area contributed by atoms with Gasteiger partial charge in [0.05, 0.1) is 0 Å². The van der Waals surface area contributed by atoms with Gasteiger partial charge in [0.1, 0.15) is 12.1 Å². The van der Waals surface area contributed by atoms with Crippen LogP contribution in [0.15, 0.2) is 60.7 Å². The van der Waals surface area contributed by atoms with Crippen molar-refractivity contribution in [2.45, 2.75) is 18.6 Å². The number of hydrogen-bond acceptors (Lipinski definition) is 3. The Bertz CT molecular complexity index is 559. The lowest BCUT2D eigenvalue weighted by molar-refractivity contribution is -0.142. The van der Waals surface area contributed by atoms with Crippen molar-refractivity contribution < 1.29 is 9.53 Å². The summed E-state index contributed by atoms with van der Waals surface area (Å²) in [5, 5.41) is 3.22. The van der Waals surface area contributed by atoms with Crippen molar-refractivity contribution in [2.75, 3.05) is 5.32 Å². The molecule has 0 aromatic heterocycles. The summed E-state index contributed by atoms with van der Waals surface area (Å²) in [7, 11) is 0. The first kappa shape index (κ1) is 14.4. The summed E-state index contributed by atoms with van der Waals surface area (Å²) in [4.78, 5) is 11.9. The van der Waals surface area contributed by atoms with Crippen molar-refractivity contribution >= 4 is 24.1 Å². The molecule has 0 radical (unpaired) electrons. The minimum Gasteiger partial charge on any atom is -0.456 e. The Hall–Kier alpha value is -2.00. The lowest BCUT2D eigenvalue weighted by atomic mass is 10.0. The Morgan fingerprint density at radius 2 is 1.55 bits per heavy atom. The van der Waals surface area contributed by atoms with Crippen molar-refractivity contribution in [3.05, 3.63) is 66.2 Å². The zero-order chi connectivity index (χ0) is 13.1. The van der Waals surface area contributed by atoms with Gasteiger partial charge < -0.3 is 10.1 Å². The van der Waals surface area contributed by atoms with Crippen LogP contribution in [0.4, 0.5) is 5.69 Å². The third-order valence-corrected chi connectivity index (χ3v) is 3.28. The number of anilines is 1. The number of halogens is 1. The van der Waals surface area contributed by atoms with Gasteiger partial charge in [-0.15, -0.1) is 12.4 Å². The Morgan fingerprint density at radius 1 is 0.950 bits per heavy atom. The molecular weight excluding hydrogens is 274 g/mol. The molecule has 1 heterocycles. The zero-order valence-corrected chi connectivity index (χ0v) is 11.7. The molecule has 4 heteroatoms. The maximum Gasteiger partial charge on any atom is 0.329 e. The minimum atomic E-state index is -0.271. The highest BCUT2D eigenvalue weighted by atomic mass is 35.5. The summed E-state index contributed by atoms with van der Waals surface area (Å²) >= 11 is 0. The number of cyclic esters (lactones) is 1. The molecule has 0 aliphatic carbocycles. The number of nitrogens with one attached hydrogen (secondary N) is 1. The van der Waals surface area contributed by atoms with Crippen molar-refractivity contribution in [1.82, 2.24) is 0 Å². The van der Waals surface area contributed by atoms with E-state index in [0.717, 1.165) is 11.3 Å². The number of carbonyl (C=O) groups excluding carboxylic acids is 1. The fourth-order valence-electron chi connectivity index (χ4n) is 2.31. The smallest absolute Gasteiger partial charge is 0.329 e. The molecule has 1 N–H and O–H groups in total. The number of hydrogen-bond donors (Lipinski definition) is 1. The third-order valence-electron chi connectivity index (χ3n) is 3.28. The van der Waals surface area contributed by atoms with Gasteiger partial charge in [0.15, 0.2) is 0 Å². The lowest BCUT2D eigenvalue weighted by Crippen LogP contribution is -2.24. The molecule has 0 bridgehead atoms. The van der Waals surface area contributed by atoms with Gasteiger partial charge in [0, 0.05) is 12.1 Å². The topological polar surface area (TPSA) is 38.3 Å². The molecule has 2 aromatic carbocycles. The molecule has 0 saturated carbocycles. The van der Waals surface area contributed by atoms with Gasteiger partial charge in [0.2, 0.25) is 0 Å². The predicted octanol–water partition coefficient (Wildman–Crippen LogP) is 3.58. The van der Waals surface area contributed by atoms with E-state index in [1.54, 1.807) is 0 Å². The maximum atomic E-state index is 11.9. The minimum absolute atomic E-state index is 0. The number of rotatable bonds is 3. The van der Waals surface area contributed by atoms with Gasteiger partial charge in [-0.3, -0.25) is 0 Å². The molecule has 3 rings (SSSR count). The first-order valence-electron chi connectivity index (χ1n) is 6.40. The van der Waals surface area contributed by atoms with Crippen LogP contribution in [0.3, 0.4) is 0 Å².